The molecule has 15 heavy (non-hydrogen) atoms. The lowest BCUT2D eigenvalue weighted by Gasteiger charge is -2.11. The van der Waals surface area contributed by atoms with Crippen LogP contribution in [0.2, 0.25) is 0 Å². The van der Waals surface area contributed by atoms with E-state index in [4.69, 9.17) is 9.47 Å². The lowest BCUT2D eigenvalue weighted by molar-refractivity contribution is 0.0462. The number of halogens is 1. The fourth-order valence-corrected chi connectivity index (χ4v) is 1.28. The lowest BCUT2D eigenvalue weighted by Crippen LogP contribution is -2.13. The molecule has 0 amide bonds. The Kier molecular flexibility index (Phi) is 4.56. The van der Waals surface area contributed by atoms with E-state index < -0.39 is 5.83 Å². The highest BCUT2D eigenvalue weighted by molar-refractivity contribution is 5.25. The summed E-state index contributed by atoms with van der Waals surface area (Å²) in [6, 6.07) is 0. The van der Waals surface area contributed by atoms with Crippen LogP contribution in [0.25, 0.3) is 0 Å². The van der Waals surface area contributed by atoms with Crippen molar-refractivity contribution in [2.24, 2.45) is 0 Å². The number of ether oxygens (including phenoxy) is 2. The second-order valence-corrected chi connectivity index (χ2v) is 3.68. The van der Waals surface area contributed by atoms with Crippen LogP contribution in [0.4, 0.5) is 4.39 Å². The zero-order valence-corrected chi connectivity index (χ0v) is 9.09. The zero-order chi connectivity index (χ0) is 11.3. The molecule has 1 unspecified atom stereocenters. The first kappa shape index (κ1) is 12.0. The molecule has 0 aliphatic carbocycles. The fraction of sp³-hybridized carbons (Fsp3) is 0.500. The Balaban J connectivity index is 2.29. The maximum Gasteiger partial charge on any atom is 0.129 e. The Morgan fingerprint density at radius 1 is 1.60 bits per heavy atom. The molecule has 0 aromatic carbocycles. The minimum atomic E-state index is -0.396. The van der Waals surface area contributed by atoms with E-state index in [0.29, 0.717) is 17.9 Å². The van der Waals surface area contributed by atoms with Gasteiger partial charge >= 0.3 is 0 Å². The minimum Gasteiger partial charge on any atom is -0.491 e. The van der Waals surface area contributed by atoms with Crippen LogP contribution < -0.4 is 0 Å². The van der Waals surface area contributed by atoms with E-state index in [0.717, 1.165) is 19.4 Å². The summed E-state index contributed by atoms with van der Waals surface area (Å²) in [6.07, 6.45) is 3.44. The third-order valence-corrected chi connectivity index (χ3v) is 2.17. The second kappa shape index (κ2) is 5.71. The van der Waals surface area contributed by atoms with Gasteiger partial charge in [-0.3, -0.25) is 0 Å². The molecule has 1 heterocycles. The largest absolute Gasteiger partial charge is 0.491 e. The fourth-order valence-electron chi connectivity index (χ4n) is 1.28. The molecule has 84 valence electrons. The summed E-state index contributed by atoms with van der Waals surface area (Å²) in [5.41, 5.74) is 0.372. The molecule has 1 aliphatic rings. The van der Waals surface area contributed by atoms with E-state index in [1.165, 1.54) is 6.08 Å². The van der Waals surface area contributed by atoms with Gasteiger partial charge in [-0.1, -0.05) is 13.2 Å². The van der Waals surface area contributed by atoms with E-state index in [1.807, 2.05) is 0 Å². The van der Waals surface area contributed by atoms with Crippen molar-refractivity contribution in [3.63, 3.8) is 0 Å². The normalized spacial score (nSPS) is 21.5. The number of hydrogen-bond donors (Lipinski definition) is 0. The van der Waals surface area contributed by atoms with Crippen molar-refractivity contribution in [3.05, 3.63) is 36.4 Å². The van der Waals surface area contributed by atoms with Gasteiger partial charge in [-0.2, -0.15) is 0 Å². The topological polar surface area (TPSA) is 18.5 Å². The molecule has 3 heteroatoms. The van der Waals surface area contributed by atoms with Gasteiger partial charge in [0.2, 0.25) is 0 Å². The zero-order valence-electron chi connectivity index (χ0n) is 9.09. The Bertz CT molecular complexity index is 275. The summed E-state index contributed by atoms with van der Waals surface area (Å²) in [5, 5.41) is 0. The van der Waals surface area contributed by atoms with Crippen LogP contribution in [-0.4, -0.2) is 19.3 Å². The standard InChI is InChI=1S/C12H17FO2/c1-9(2)12(13)7-10(3)15-8-11-5-4-6-14-11/h7,11H,1,3-6,8H2,2H3/b12-7+. The van der Waals surface area contributed by atoms with Gasteiger partial charge in [-0.05, 0) is 25.3 Å². The lowest BCUT2D eigenvalue weighted by atomic mass is 10.2. The molecule has 0 bridgehead atoms. The maximum absolute atomic E-state index is 13.1. The molecule has 1 aliphatic heterocycles. The first-order valence-electron chi connectivity index (χ1n) is 5.06. The van der Waals surface area contributed by atoms with Gasteiger partial charge in [-0.15, -0.1) is 0 Å². The van der Waals surface area contributed by atoms with Gasteiger partial charge in [0.05, 0.1) is 6.10 Å². The van der Waals surface area contributed by atoms with Crippen molar-refractivity contribution >= 4 is 0 Å². The van der Waals surface area contributed by atoms with Gasteiger partial charge < -0.3 is 9.47 Å². The Hall–Kier alpha value is -1.09. The minimum absolute atomic E-state index is 0.128. The van der Waals surface area contributed by atoms with Crippen LogP contribution in [0.15, 0.2) is 36.4 Å². The van der Waals surface area contributed by atoms with Crippen molar-refractivity contribution in [2.45, 2.75) is 25.9 Å². The maximum atomic E-state index is 13.1. The van der Waals surface area contributed by atoms with Crippen LogP contribution in [0.5, 0.6) is 0 Å². The Labute approximate surface area is 90.1 Å². The molecule has 2 nitrogen and oxygen atoms in total. The van der Waals surface area contributed by atoms with Crippen LogP contribution >= 0.6 is 0 Å². The van der Waals surface area contributed by atoms with Crippen LogP contribution in [-0.2, 0) is 9.47 Å². The predicted octanol–water partition coefficient (Wildman–Crippen LogP) is 3.13. The Morgan fingerprint density at radius 2 is 2.33 bits per heavy atom. The highest BCUT2D eigenvalue weighted by Crippen LogP contribution is 2.15. The summed E-state index contributed by atoms with van der Waals surface area (Å²) in [4.78, 5) is 0. The first-order valence-corrected chi connectivity index (χ1v) is 5.06. The summed E-state index contributed by atoms with van der Waals surface area (Å²) in [7, 11) is 0. The van der Waals surface area contributed by atoms with E-state index in [-0.39, 0.29) is 6.10 Å². The molecule has 0 N–H and O–H groups in total. The average Bonchev–Trinajstić information content (AvgIpc) is 2.66. The van der Waals surface area contributed by atoms with Crippen molar-refractivity contribution in [1.82, 2.24) is 0 Å². The number of rotatable bonds is 5. The summed E-state index contributed by atoms with van der Waals surface area (Å²) < 4.78 is 23.7. The molecule has 1 saturated heterocycles. The number of allylic oxidation sites excluding steroid dienone is 3. The smallest absolute Gasteiger partial charge is 0.129 e. The van der Waals surface area contributed by atoms with Crippen molar-refractivity contribution in [3.8, 4) is 0 Å². The molecular formula is C12H17FO2. The van der Waals surface area contributed by atoms with Crippen LogP contribution in [0, 0.1) is 0 Å². The third kappa shape index (κ3) is 4.30. The molecule has 0 aromatic rings. The molecule has 1 atom stereocenters. The monoisotopic (exact) mass is 212 g/mol. The summed E-state index contributed by atoms with van der Waals surface area (Å²) in [5.74, 6) is -0.0849. The van der Waals surface area contributed by atoms with Gasteiger partial charge in [-0.25, -0.2) is 4.39 Å². The van der Waals surface area contributed by atoms with Crippen molar-refractivity contribution in [1.29, 1.82) is 0 Å². The predicted molar refractivity (Wildman–Crippen MR) is 58.1 cm³/mol. The average molecular weight is 212 g/mol. The van der Waals surface area contributed by atoms with Crippen LogP contribution in [0.1, 0.15) is 19.8 Å². The molecule has 0 spiro atoms. The second-order valence-electron chi connectivity index (χ2n) is 3.68. The van der Waals surface area contributed by atoms with E-state index in [9.17, 15) is 4.39 Å². The number of hydrogen-bond acceptors (Lipinski definition) is 2. The Morgan fingerprint density at radius 3 is 2.87 bits per heavy atom. The van der Waals surface area contributed by atoms with Crippen LogP contribution in [0.3, 0.4) is 0 Å². The highest BCUT2D eigenvalue weighted by atomic mass is 19.1. The molecule has 1 rings (SSSR count). The first-order chi connectivity index (χ1) is 7.09. The molecule has 0 radical (unpaired) electrons. The highest BCUT2D eigenvalue weighted by Gasteiger charge is 2.15. The van der Waals surface area contributed by atoms with Crippen molar-refractivity contribution < 1.29 is 13.9 Å². The summed E-state index contributed by atoms with van der Waals surface area (Å²) >= 11 is 0. The SMILES string of the molecule is C=C(/C=C(/F)C(=C)C)OCC1CCCO1. The third-order valence-electron chi connectivity index (χ3n) is 2.17. The van der Waals surface area contributed by atoms with Gasteiger partial charge in [0.15, 0.2) is 0 Å². The molecule has 0 saturated carbocycles. The quantitative estimate of drug-likeness (QED) is 0.515. The van der Waals surface area contributed by atoms with Gasteiger partial charge in [0.25, 0.3) is 0 Å². The van der Waals surface area contributed by atoms with E-state index in [2.05, 4.69) is 13.2 Å². The van der Waals surface area contributed by atoms with E-state index in [1.54, 1.807) is 6.92 Å². The van der Waals surface area contributed by atoms with Gasteiger partial charge in [0.1, 0.15) is 18.2 Å². The molecular weight excluding hydrogens is 195 g/mol. The molecule has 1 fully saturated rings. The van der Waals surface area contributed by atoms with Gasteiger partial charge in [0, 0.05) is 12.7 Å². The molecule has 0 aromatic heterocycles. The summed E-state index contributed by atoms with van der Waals surface area (Å²) in [6.45, 7) is 9.91. The van der Waals surface area contributed by atoms with E-state index >= 15 is 0 Å². The van der Waals surface area contributed by atoms with Crippen molar-refractivity contribution in [2.75, 3.05) is 13.2 Å².